The van der Waals surface area contributed by atoms with Crippen LogP contribution >= 0.6 is 11.3 Å². The number of anilines is 2. The van der Waals surface area contributed by atoms with Crippen molar-refractivity contribution in [2.45, 2.75) is 19.9 Å². The second-order valence-electron chi connectivity index (χ2n) is 5.43. The van der Waals surface area contributed by atoms with Crippen molar-refractivity contribution in [3.05, 3.63) is 53.0 Å². The minimum Gasteiger partial charge on any atom is -0.374 e. The fourth-order valence-corrected chi connectivity index (χ4v) is 3.24. The van der Waals surface area contributed by atoms with Crippen LogP contribution in [0.3, 0.4) is 0 Å². The van der Waals surface area contributed by atoms with Crippen molar-refractivity contribution in [1.29, 1.82) is 5.26 Å². The van der Waals surface area contributed by atoms with Crippen molar-refractivity contribution in [2.24, 2.45) is 0 Å². The van der Waals surface area contributed by atoms with Crippen LogP contribution in [0.2, 0.25) is 0 Å². The smallest absolute Gasteiger partial charge is 0.246 e. The third kappa shape index (κ3) is 3.36. The van der Waals surface area contributed by atoms with Gasteiger partial charge in [-0.3, -0.25) is 4.79 Å². The summed E-state index contributed by atoms with van der Waals surface area (Å²) >= 11 is 1.62. The number of thiazole rings is 1. The average Bonchev–Trinajstić information content (AvgIpc) is 2.94. The Bertz CT molecular complexity index is 942. The van der Waals surface area contributed by atoms with E-state index in [1.54, 1.807) is 42.5 Å². The molecule has 0 radical (unpaired) electrons. The number of carbonyl (C=O) groups is 1. The summed E-state index contributed by atoms with van der Waals surface area (Å²) < 4.78 is 1.08. The molecular formula is C18H16N4OS. The molecule has 0 spiro atoms. The highest BCUT2D eigenvalue weighted by atomic mass is 32.1. The first-order valence-electron chi connectivity index (χ1n) is 7.50. The maximum absolute atomic E-state index is 12.4. The van der Waals surface area contributed by atoms with E-state index in [2.05, 4.69) is 21.7 Å². The predicted molar refractivity (Wildman–Crippen MR) is 97.2 cm³/mol. The number of fused-ring (bicyclic) bond motifs is 1. The zero-order chi connectivity index (χ0) is 17.1. The number of hydrogen-bond donors (Lipinski definition) is 2. The largest absolute Gasteiger partial charge is 0.374 e. The molecule has 0 aliphatic rings. The molecule has 2 N–H and O–H groups in total. The monoisotopic (exact) mass is 336 g/mol. The minimum absolute atomic E-state index is 0.196. The number of nitrogens with zero attached hydrogens (tertiary/aromatic N) is 2. The van der Waals surface area contributed by atoms with Crippen molar-refractivity contribution in [2.75, 3.05) is 10.6 Å². The van der Waals surface area contributed by atoms with Gasteiger partial charge in [0.1, 0.15) is 12.1 Å². The summed E-state index contributed by atoms with van der Waals surface area (Å²) in [6.45, 7) is 3.76. The Morgan fingerprint density at radius 2 is 2.08 bits per heavy atom. The molecule has 0 aliphatic carbocycles. The molecule has 120 valence electrons. The van der Waals surface area contributed by atoms with E-state index in [0.717, 1.165) is 20.9 Å². The fourth-order valence-electron chi connectivity index (χ4n) is 2.38. The van der Waals surface area contributed by atoms with Crippen molar-refractivity contribution < 1.29 is 4.79 Å². The van der Waals surface area contributed by atoms with Gasteiger partial charge in [0.05, 0.1) is 26.5 Å². The highest BCUT2D eigenvalue weighted by Crippen LogP contribution is 2.25. The Morgan fingerprint density at radius 3 is 2.88 bits per heavy atom. The van der Waals surface area contributed by atoms with Crippen LogP contribution in [0.1, 0.15) is 17.5 Å². The van der Waals surface area contributed by atoms with Crippen LogP contribution in [0.5, 0.6) is 0 Å². The molecular weight excluding hydrogens is 320 g/mol. The lowest BCUT2D eigenvalue weighted by Crippen LogP contribution is -2.32. The number of benzene rings is 2. The summed E-state index contributed by atoms with van der Waals surface area (Å²) in [5.41, 5.74) is 2.79. The standard InChI is InChI=1S/C18H16N4OS/c1-11(18(23)22-15-6-4-3-5-13(15)10-19)20-14-7-8-16-17(9-14)24-12(2)21-16/h3-9,11,20H,1-2H3,(H,22,23)/t11-/m0/s1. The van der Waals surface area contributed by atoms with Crippen molar-refractivity contribution >= 4 is 38.8 Å². The van der Waals surface area contributed by atoms with E-state index in [9.17, 15) is 4.79 Å². The first-order chi connectivity index (χ1) is 11.6. The predicted octanol–water partition coefficient (Wildman–Crippen LogP) is 3.92. The SMILES string of the molecule is Cc1nc2ccc(N[C@@H](C)C(=O)Nc3ccccc3C#N)cc2s1. The zero-order valence-corrected chi connectivity index (χ0v) is 14.1. The number of rotatable bonds is 4. The molecule has 3 aromatic rings. The van der Waals surface area contributed by atoms with Crippen LogP contribution in [-0.4, -0.2) is 16.9 Å². The summed E-state index contributed by atoms with van der Waals surface area (Å²) in [5, 5.41) is 16.1. The summed E-state index contributed by atoms with van der Waals surface area (Å²) in [6, 6.07) is 14.4. The van der Waals surface area contributed by atoms with Crippen molar-refractivity contribution in [3.63, 3.8) is 0 Å². The molecule has 0 fully saturated rings. The van der Waals surface area contributed by atoms with Gasteiger partial charge >= 0.3 is 0 Å². The normalized spacial score (nSPS) is 11.7. The lowest BCUT2D eigenvalue weighted by Gasteiger charge is -2.15. The van der Waals surface area contributed by atoms with Crippen LogP contribution in [0, 0.1) is 18.3 Å². The first-order valence-corrected chi connectivity index (χ1v) is 8.32. The topological polar surface area (TPSA) is 77.8 Å². The molecule has 0 bridgehead atoms. The van der Waals surface area contributed by atoms with Gasteiger partial charge < -0.3 is 10.6 Å². The second kappa shape index (κ2) is 6.69. The third-order valence-corrected chi connectivity index (χ3v) is 4.51. The van der Waals surface area contributed by atoms with Crippen molar-refractivity contribution in [3.8, 4) is 6.07 Å². The average molecular weight is 336 g/mol. The van der Waals surface area contributed by atoms with E-state index >= 15 is 0 Å². The highest BCUT2D eigenvalue weighted by Gasteiger charge is 2.14. The van der Waals surface area contributed by atoms with E-state index in [4.69, 9.17) is 5.26 Å². The first kappa shape index (κ1) is 16.0. The summed E-state index contributed by atoms with van der Waals surface area (Å²) in [5.74, 6) is -0.196. The maximum atomic E-state index is 12.4. The van der Waals surface area contributed by atoms with Crippen LogP contribution in [-0.2, 0) is 4.79 Å². The molecule has 5 nitrogen and oxygen atoms in total. The van der Waals surface area contributed by atoms with E-state index < -0.39 is 6.04 Å². The summed E-state index contributed by atoms with van der Waals surface area (Å²) in [7, 11) is 0. The lowest BCUT2D eigenvalue weighted by atomic mass is 10.2. The van der Waals surface area contributed by atoms with E-state index in [1.807, 2.05) is 25.1 Å². The molecule has 1 heterocycles. The van der Waals surface area contributed by atoms with Crippen LogP contribution in [0.4, 0.5) is 11.4 Å². The number of aromatic nitrogens is 1. The molecule has 0 unspecified atom stereocenters. The van der Waals surface area contributed by atoms with Crippen LogP contribution in [0.15, 0.2) is 42.5 Å². The third-order valence-electron chi connectivity index (χ3n) is 3.58. The second-order valence-corrected chi connectivity index (χ2v) is 6.66. The molecule has 0 aliphatic heterocycles. The van der Waals surface area contributed by atoms with Gasteiger partial charge in [-0.1, -0.05) is 12.1 Å². The quantitative estimate of drug-likeness (QED) is 0.757. The number of nitrogens with one attached hydrogen (secondary N) is 2. The zero-order valence-electron chi connectivity index (χ0n) is 13.3. The van der Waals surface area contributed by atoms with Gasteiger partial charge in [0, 0.05) is 5.69 Å². The van der Waals surface area contributed by atoms with Crippen molar-refractivity contribution in [1.82, 2.24) is 4.98 Å². The molecule has 2 aromatic carbocycles. The van der Waals surface area contributed by atoms with Gasteiger partial charge in [-0.05, 0) is 44.2 Å². The van der Waals surface area contributed by atoms with E-state index in [-0.39, 0.29) is 5.91 Å². The highest BCUT2D eigenvalue weighted by molar-refractivity contribution is 7.18. The lowest BCUT2D eigenvalue weighted by molar-refractivity contribution is -0.116. The Balaban J connectivity index is 1.72. The molecule has 0 saturated heterocycles. The van der Waals surface area contributed by atoms with Gasteiger partial charge in [0.2, 0.25) is 5.91 Å². The fraction of sp³-hybridized carbons (Fsp3) is 0.167. The molecule has 3 rings (SSSR count). The van der Waals surface area contributed by atoms with Gasteiger partial charge in [-0.2, -0.15) is 5.26 Å². The van der Waals surface area contributed by atoms with Gasteiger partial charge in [-0.15, -0.1) is 11.3 Å². The Labute approximate surface area is 144 Å². The molecule has 6 heteroatoms. The number of para-hydroxylation sites is 1. The van der Waals surface area contributed by atoms with Crippen LogP contribution in [0.25, 0.3) is 10.2 Å². The molecule has 24 heavy (non-hydrogen) atoms. The minimum atomic E-state index is -0.441. The number of amides is 1. The Hall–Kier alpha value is -2.91. The number of carbonyl (C=O) groups excluding carboxylic acids is 1. The molecule has 1 amide bonds. The van der Waals surface area contributed by atoms with E-state index in [1.165, 1.54) is 0 Å². The van der Waals surface area contributed by atoms with Gasteiger partial charge in [-0.25, -0.2) is 4.98 Å². The van der Waals surface area contributed by atoms with E-state index in [0.29, 0.717) is 11.3 Å². The van der Waals surface area contributed by atoms with Crippen LogP contribution < -0.4 is 10.6 Å². The maximum Gasteiger partial charge on any atom is 0.246 e. The van der Waals surface area contributed by atoms with Gasteiger partial charge in [0.25, 0.3) is 0 Å². The number of nitriles is 1. The summed E-state index contributed by atoms with van der Waals surface area (Å²) in [6.07, 6.45) is 0. The summed E-state index contributed by atoms with van der Waals surface area (Å²) in [4.78, 5) is 16.8. The van der Waals surface area contributed by atoms with Gasteiger partial charge in [0.15, 0.2) is 0 Å². The Kier molecular flexibility index (Phi) is 4.45. The molecule has 0 saturated carbocycles. The Morgan fingerprint density at radius 1 is 1.29 bits per heavy atom. The number of aryl methyl sites for hydroxylation is 1. The number of hydrogen-bond acceptors (Lipinski definition) is 5. The molecule has 1 atom stereocenters. The molecule has 1 aromatic heterocycles.